The quantitative estimate of drug-likeness (QED) is 0.700. The van der Waals surface area contributed by atoms with E-state index >= 15 is 0 Å². The van der Waals surface area contributed by atoms with Crippen LogP contribution in [0, 0.1) is 6.92 Å². The molecule has 0 saturated carbocycles. The zero-order valence-corrected chi connectivity index (χ0v) is 8.81. The number of pyridine rings is 1. The lowest BCUT2D eigenvalue weighted by atomic mass is 10.2. The van der Waals surface area contributed by atoms with E-state index in [0.717, 1.165) is 6.26 Å². The first-order valence-corrected chi connectivity index (χ1v) is 5.88. The van der Waals surface area contributed by atoms with Crippen molar-refractivity contribution in [3.05, 3.63) is 27.7 Å². The van der Waals surface area contributed by atoms with Gasteiger partial charge in [-0.1, -0.05) is 0 Å². The van der Waals surface area contributed by atoms with E-state index in [1.165, 1.54) is 6.07 Å². The van der Waals surface area contributed by atoms with E-state index in [1.807, 2.05) is 0 Å². The molecule has 0 unspecified atom stereocenters. The first-order chi connectivity index (χ1) is 6.36. The Balaban J connectivity index is 3.65. The minimum atomic E-state index is -3.39. The van der Waals surface area contributed by atoms with Crippen molar-refractivity contribution in [3.63, 3.8) is 0 Å². The van der Waals surface area contributed by atoms with Crippen LogP contribution in [0.25, 0.3) is 0 Å². The highest BCUT2D eigenvalue weighted by Crippen LogP contribution is 2.11. The van der Waals surface area contributed by atoms with Gasteiger partial charge in [-0.25, -0.2) is 8.42 Å². The summed E-state index contributed by atoms with van der Waals surface area (Å²) in [7, 11) is -3.39. The van der Waals surface area contributed by atoms with Gasteiger partial charge in [-0.2, -0.15) is 0 Å². The normalized spacial score (nSPS) is 11.6. The minimum Gasteiger partial charge on any atom is -0.326 e. The molecule has 3 N–H and O–H groups in total. The predicted molar refractivity (Wildman–Crippen MR) is 52.8 cm³/mol. The molecular formula is C8H12N2O3S. The third kappa shape index (κ3) is 2.02. The summed E-state index contributed by atoms with van der Waals surface area (Å²) >= 11 is 0. The number of hydrogen-bond acceptors (Lipinski definition) is 4. The molecule has 0 aliphatic heterocycles. The van der Waals surface area contributed by atoms with Gasteiger partial charge in [-0.3, -0.25) is 4.79 Å². The Morgan fingerprint density at radius 3 is 2.50 bits per heavy atom. The van der Waals surface area contributed by atoms with E-state index in [1.54, 1.807) is 6.92 Å². The van der Waals surface area contributed by atoms with Gasteiger partial charge in [0.2, 0.25) is 0 Å². The van der Waals surface area contributed by atoms with Crippen molar-refractivity contribution in [1.82, 2.24) is 4.98 Å². The van der Waals surface area contributed by atoms with E-state index in [0.29, 0.717) is 5.69 Å². The minimum absolute atomic E-state index is 0.0150. The Kier molecular flexibility index (Phi) is 2.77. The number of rotatable bonds is 2. The topological polar surface area (TPSA) is 93.0 Å². The number of nitrogens with one attached hydrogen (secondary N) is 1. The van der Waals surface area contributed by atoms with Crippen LogP contribution in [0.15, 0.2) is 15.8 Å². The maximum absolute atomic E-state index is 11.3. The molecule has 0 atom stereocenters. The molecule has 0 aliphatic rings. The lowest BCUT2D eigenvalue weighted by molar-refractivity contribution is 0.600. The Morgan fingerprint density at radius 1 is 1.50 bits per heavy atom. The summed E-state index contributed by atoms with van der Waals surface area (Å²) in [4.78, 5) is 13.9. The molecule has 0 saturated heterocycles. The maximum Gasteiger partial charge on any atom is 0.253 e. The maximum atomic E-state index is 11.3. The third-order valence-electron chi connectivity index (χ3n) is 1.83. The van der Waals surface area contributed by atoms with Crippen molar-refractivity contribution in [1.29, 1.82) is 0 Å². The summed E-state index contributed by atoms with van der Waals surface area (Å²) in [6.07, 6.45) is 1.06. The van der Waals surface area contributed by atoms with Crippen molar-refractivity contribution in [2.24, 2.45) is 5.73 Å². The van der Waals surface area contributed by atoms with E-state index in [4.69, 9.17) is 5.73 Å². The Bertz CT molecular complexity index is 502. The molecule has 0 amide bonds. The predicted octanol–water partition coefficient (Wildman–Crippen LogP) is -0.454. The van der Waals surface area contributed by atoms with Crippen LogP contribution < -0.4 is 11.3 Å². The van der Waals surface area contributed by atoms with Crippen molar-refractivity contribution in [2.45, 2.75) is 18.4 Å². The monoisotopic (exact) mass is 216 g/mol. The van der Waals surface area contributed by atoms with Gasteiger partial charge in [-0.15, -0.1) is 0 Å². The van der Waals surface area contributed by atoms with Gasteiger partial charge in [-0.05, 0) is 13.0 Å². The van der Waals surface area contributed by atoms with Crippen LogP contribution in [0.5, 0.6) is 0 Å². The Morgan fingerprint density at radius 2 is 2.07 bits per heavy atom. The second kappa shape index (κ2) is 3.55. The van der Waals surface area contributed by atoms with Crippen molar-refractivity contribution in [3.8, 4) is 0 Å². The zero-order chi connectivity index (χ0) is 10.9. The molecule has 6 heteroatoms. The van der Waals surface area contributed by atoms with Gasteiger partial charge in [0.15, 0.2) is 9.84 Å². The molecule has 78 valence electrons. The van der Waals surface area contributed by atoms with Crippen LogP contribution >= 0.6 is 0 Å². The lowest BCUT2D eigenvalue weighted by Gasteiger charge is -2.05. The lowest BCUT2D eigenvalue weighted by Crippen LogP contribution is -2.21. The van der Waals surface area contributed by atoms with Crippen molar-refractivity contribution in [2.75, 3.05) is 6.26 Å². The van der Waals surface area contributed by atoms with Crippen molar-refractivity contribution >= 4 is 9.84 Å². The molecule has 0 fully saturated rings. The van der Waals surface area contributed by atoms with Gasteiger partial charge in [0.1, 0.15) is 0 Å². The molecule has 1 aromatic rings. The van der Waals surface area contributed by atoms with Crippen LogP contribution in [-0.2, 0) is 16.4 Å². The molecular weight excluding hydrogens is 204 g/mol. The van der Waals surface area contributed by atoms with Crippen LogP contribution in [0.3, 0.4) is 0 Å². The van der Waals surface area contributed by atoms with Gasteiger partial charge in [0, 0.05) is 24.1 Å². The number of aromatic amines is 1. The van der Waals surface area contributed by atoms with E-state index in [2.05, 4.69) is 4.98 Å². The first-order valence-electron chi connectivity index (χ1n) is 3.99. The van der Waals surface area contributed by atoms with Crippen LogP contribution in [0.4, 0.5) is 0 Å². The molecule has 14 heavy (non-hydrogen) atoms. The summed E-state index contributed by atoms with van der Waals surface area (Å²) in [5.41, 5.74) is 5.49. The highest BCUT2D eigenvalue weighted by atomic mass is 32.2. The zero-order valence-electron chi connectivity index (χ0n) is 7.99. The fourth-order valence-electron chi connectivity index (χ4n) is 1.21. The molecule has 0 spiro atoms. The summed E-state index contributed by atoms with van der Waals surface area (Å²) < 4.78 is 22.6. The standard InChI is InChI=1S/C8H12N2O3S/c1-5-3-7(14(2,12)13)6(4-9)8(11)10-5/h3H,4,9H2,1-2H3,(H,10,11). The molecule has 1 aromatic heterocycles. The number of hydrogen-bond donors (Lipinski definition) is 2. The summed E-state index contributed by atoms with van der Waals surface area (Å²) in [6, 6.07) is 1.42. The Labute approximate surface area is 81.9 Å². The fourth-order valence-corrected chi connectivity index (χ4v) is 2.22. The third-order valence-corrected chi connectivity index (χ3v) is 3.00. The van der Waals surface area contributed by atoms with Crippen LogP contribution in [0.1, 0.15) is 11.3 Å². The largest absolute Gasteiger partial charge is 0.326 e. The first kappa shape index (κ1) is 10.9. The van der Waals surface area contributed by atoms with E-state index in [9.17, 15) is 13.2 Å². The van der Waals surface area contributed by atoms with E-state index < -0.39 is 15.4 Å². The van der Waals surface area contributed by atoms with Gasteiger partial charge < -0.3 is 10.7 Å². The smallest absolute Gasteiger partial charge is 0.253 e. The average molecular weight is 216 g/mol. The van der Waals surface area contributed by atoms with Crippen LogP contribution in [0.2, 0.25) is 0 Å². The molecule has 0 bridgehead atoms. The summed E-state index contributed by atoms with van der Waals surface area (Å²) in [5, 5.41) is 0. The molecule has 0 aliphatic carbocycles. The number of aryl methyl sites for hydroxylation is 1. The van der Waals surface area contributed by atoms with Gasteiger partial charge >= 0.3 is 0 Å². The summed E-state index contributed by atoms with van der Waals surface area (Å²) in [5.74, 6) is 0. The molecule has 1 heterocycles. The Hall–Kier alpha value is -1.14. The highest BCUT2D eigenvalue weighted by molar-refractivity contribution is 7.90. The summed E-state index contributed by atoms with van der Waals surface area (Å²) in [6.45, 7) is 1.54. The number of H-pyrrole nitrogens is 1. The molecule has 1 rings (SSSR count). The molecule has 5 nitrogen and oxygen atoms in total. The number of sulfone groups is 1. The number of nitrogens with two attached hydrogens (primary N) is 1. The van der Waals surface area contributed by atoms with Crippen LogP contribution in [-0.4, -0.2) is 19.7 Å². The number of aromatic nitrogens is 1. The molecule has 0 radical (unpaired) electrons. The average Bonchev–Trinajstić information content (AvgIpc) is 2.01. The second-order valence-corrected chi connectivity index (χ2v) is 5.08. The molecule has 0 aromatic carbocycles. The van der Waals surface area contributed by atoms with Crippen molar-refractivity contribution < 1.29 is 8.42 Å². The van der Waals surface area contributed by atoms with E-state index in [-0.39, 0.29) is 17.0 Å². The SMILES string of the molecule is Cc1cc(S(C)(=O)=O)c(CN)c(=O)[nH]1. The second-order valence-electron chi connectivity index (χ2n) is 3.10. The van der Waals surface area contributed by atoms with Gasteiger partial charge in [0.05, 0.1) is 4.90 Å². The van der Waals surface area contributed by atoms with Gasteiger partial charge in [0.25, 0.3) is 5.56 Å². The highest BCUT2D eigenvalue weighted by Gasteiger charge is 2.15. The fraction of sp³-hybridized carbons (Fsp3) is 0.375.